The molecule has 3 aromatic carbocycles. The SMILES string of the molecule is CC(=C[P+](c1ccccc1)(c1ccccc1)c1ccccc1)NC(C)(C)C.[Br-]. The van der Waals surface area contributed by atoms with Crippen molar-refractivity contribution in [2.75, 3.05) is 0 Å². The number of hydrogen-bond acceptors (Lipinski definition) is 1. The van der Waals surface area contributed by atoms with E-state index in [1.54, 1.807) is 0 Å². The van der Waals surface area contributed by atoms with Crippen LogP contribution in [0.4, 0.5) is 0 Å². The summed E-state index contributed by atoms with van der Waals surface area (Å²) in [4.78, 5) is 0. The van der Waals surface area contributed by atoms with Gasteiger partial charge in [-0.1, -0.05) is 54.6 Å². The molecule has 0 saturated carbocycles. The first-order valence-corrected chi connectivity index (χ1v) is 11.3. The van der Waals surface area contributed by atoms with Crippen LogP contribution in [0.3, 0.4) is 0 Å². The van der Waals surface area contributed by atoms with Crippen LogP contribution in [-0.4, -0.2) is 5.54 Å². The molecule has 0 aliphatic rings. The van der Waals surface area contributed by atoms with Gasteiger partial charge in [0.2, 0.25) is 0 Å². The van der Waals surface area contributed by atoms with Crippen molar-refractivity contribution in [3.63, 3.8) is 0 Å². The van der Waals surface area contributed by atoms with Crippen LogP contribution in [0, 0.1) is 0 Å². The van der Waals surface area contributed by atoms with Gasteiger partial charge in [-0.25, -0.2) is 0 Å². The average molecular weight is 454 g/mol. The van der Waals surface area contributed by atoms with E-state index in [9.17, 15) is 0 Å². The van der Waals surface area contributed by atoms with Crippen LogP contribution in [-0.2, 0) is 0 Å². The Hall–Kier alpha value is -1.89. The van der Waals surface area contributed by atoms with E-state index < -0.39 is 7.26 Å². The Balaban J connectivity index is 0.00000280. The molecule has 0 saturated heterocycles. The maximum atomic E-state index is 3.67. The molecule has 0 aromatic heterocycles. The van der Waals surface area contributed by atoms with Crippen molar-refractivity contribution in [3.05, 3.63) is 103 Å². The summed E-state index contributed by atoms with van der Waals surface area (Å²) in [5, 5.41) is 7.79. The topological polar surface area (TPSA) is 12.0 Å². The van der Waals surface area contributed by atoms with Gasteiger partial charge in [0.15, 0.2) is 0 Å². The Bertz CT molecular complexity index is 787. The summed E-state index contributed by atoms with van der Waals surface area (Å²) >= 11 is 0. The number of rotatable bonds is 5. The highest BCUT2D eigenvalue weighted by molar-refractivity contribution is 7.98. The van der Waals surface area contributed by atoms with Gasteiger partial charge in [-0.2, -0.15) is 0 Å². The monoisotopic (exact) mass is 453 g/mol. The fraction of sp³-hybridized carbons (Fsp3) is 0.200. The zero-order valence-corrected chi connectivity index (χ0v) is 19.5. The molecule has 0 atom stereocenters. The standard InChI is InChI=1S/C25H29NP.BrH/c1-21(26-25(2,3)4)20-27(22-14-8-5-9-15-22,23-16-10-6-11-17-23)24-18-12-7-13-19-24;/h5-20,26H,1-4H3;1H/q+1;/p-1. The Labute approximate surface area is 181 Å². The molecule has 0 radical (unpaired) electrons. The third-order valence-electron chi connectivity index (χ3n) is 4.45. The Morgan fingerprint density at radius 3 is 1.29 bits per heavy atom. The normalized spacial score (nSPS) is 12.2. The summed E-state index contributed by atoms with van der Waals surface area (Å²) < 4.78 is 0. The van der Waals surface area contributed by atoms with Gasteiger partial charge in [0.25, 0.3) is 0 Å². The molecule has 28 heavy (non-hydrogen) atoms. The molecular formula is C25H29BrNP. The van der Waals surface area contributed by atoms with Crippen molar-refractivity contribution < 1.29 is 17.0 Å². The number of hydrogen-bond donors (Lipinski definition) is 1. The molecule has 3 rings (SSSR count). The molecule has 146 valence electrons. The second-order valence-corrected chi connectivity index (χ2v) is 11.2. The van der Waals surface area contributed by atoms with Crippen molar-refractivity contribution in [2.45, 2.75) is 33.2 Å². The van der Waals surface area contributed by atoms with E-state index in [-0.39, 0.29) is 22.5 Å². The lowest BCUT2D eigenvalue weighted by Gasteiger charge is -2.27. The van der Waals surface area contributed by atoms with Crippen LogP contribution in [0.1, 0.15) is 27.7 Å². The van der Waals surface area contributed by atoms with Gasteiger partial charge in [-0.3, -0.25) is 0 Å². The number of halogens is 1. The number of nitrogens with one attached hydrogen (secondary N) is 1. The van der Waals surface area contributed by atoms with Crippen LogP contribution >= 0.6 is 7.26 Å². The van der Waals surface area contributed by atoms with E-state index in [0.717, 1.165) is 0 Å². The highest BCUT2D eigenvalue weighted by Gasteiger charge is 2.44. The fourth-order valence-electron chi connectivity index (χ4n) is 3.57. The molecule has 3 aromatic rings. The minimum Gasteiger partial charge on any atom is -1.00 e. The van der Waals surface area contributed by atoms with E-state index in [1.165, 1.54) is 21.6 Å². The summed E-state index contributed by atoms with van der Waals surface area (Å²) in [5.41, 5.74) is 1.24. The first-order valence-electron chi connectivity index (χ1n) is 9.45. The van der Waals surface area contributed by atoms with Crippen LogP contribution in [0.5, 0.6) is 0 Å². The molecule has 1 N–H and O–H groups in total. The fourth-order valence-corrected chi connectivity index (χ4v) is 7.49. The zero-order chi connectivity index (χ0) is 19.3. The third-order valence-corrected chi connectivity index (χ3v) is 8.56. The first-order chi connectivity index (χ1) is 12.9. The molecule has 0 unspecified atom stereocenters. The van der Waals surface area contributed by atoms with Crippen LogP contribution < -0.4 is 38.2 Å². The molecule has 3 heteroatoms. The predicted octanol–water partition coefficient (Wildman–Crippen LogP) is 2.23. The molecule has 0 bridgehead atoms. The largest absolute Gasteiger partial charge is 1.00 e. The molecule has 0 spiro atoms. The maximum absolute atomic E-state index is 3.67. The van der Waals surface area contributed by atoms with Crippen molar-refractivity contribution in [2.24, 2.45) is 0 Å². The van der Waals surface area contributed by atoms with E-state index >= 15 is 0 Å². The van der Waals surface area contributed by atoms with Gasteiger partial charge >= 0.3 is 0 Å². The summed E-state index contributed by atoms with van der Waals surface area (Å²) in [7, 11) is -1.92. The average Bonchev–Trinajstić information content (AvgIpc) is 2.67. The lowest BCUT2D eigenvalue weighted by molar-refractivity contribution is -0.00000631. The predicted molar refractivity (Wildman–Crippen MR) is 122 cm³/mol. The van der Waals surface area contributed by atoms with Crippen molar-refractivity contribution >= 4 is 23.2 Å². The van der Waals surface area contributed by atoms with Crippen LogP contribution in [0.25, 0.3) is 0 Å². The first kappa shape index (κ1) is 22.4. The summed E-state index contributed by atoms with van der Waals surface area (Å²) in [6.45, 7) is 8.81. The van der Waals surface area contributed by atoms with Gasteiger partial charge in [0, 0.05) is 11.2 Å². The van der Waals surface area contributed by atoms with Crippen molar-refractivity contribution in [1.82, 2.24) is 5.32 Å². The Kier molecular flexibility index (Phi) is 7.63. The highest BCUT2D eigenvalue weighted by atomic mass is 79.9. The molecule has 0 aliphatic carbocycles. The third kappa shape index (κ3) is 5.13. The summed E-state index contributed by atoms with van der Waals surface area (Å²) in [6.07, 6.45) is 0. The van der Waals surface area contributed by atoms with Crippen molar-refractivity contribution in [3.8, 4) is 0 Å². The molecule has 0 fully saturated rings. The van der Waals surface area contributed by atoms with Gasteiger partial charge in [0.05, 0.1) is 5.82 Å². The smallest absolute Gasteiger partial charge is 0.138 e. The van der Waals surface area contributed by atoms with E-state index in [4.69, 9.17) is 0 Å². The van der Waals surface area contributed by atoms with Crippen LogP contribution in [0.2, 0.25) is 0 Å². The second-order valence-electron chi connectivity index (χ2n) is 7.92. The maximum Gasteiger partial charge on any atom is 0.138 e. The minimum absolute atomic E-state index is 0. The quantitative estimate of drug-likeness (QED) is 0.584. The lowest BCUT2D eigenvalue weighted by atomic mass is 10.1. The minimum atomic E-state index is -1.92. The van der Waals surface area contributed by atoms with Crippen LogP contribution in [0.15, 0.2) is 103 Å². The zero-order valence-electron chi connectivity index (χ0n) is 17.1. The Morgan fingerprint density at radius 2 is 1.00 bits per heavy atom. The van der Waals surface area contributed by atoms with E-state index in [0.29, 0.717) is 0 Å². The molecule has 0 aliphatic heterocycles. The van der Waals surface area contributed by atoms with Gasteiger partial charge in [-0.15, -0.1) is 0 Å². The highest BCUT2D eigenvalue weighted by Crippen LogP contribution is 2.57. The second kappa shape index (κ2) is 9.54. The molecule has 0 heterocycles. The molecule has 1 nitrogen and oxygen atoms in total. The van der Waals surface area contributed by atoms with Gasteiger partial charge < -0.3 is 22.3 Å². The molecular weight excluding hydrogens is 425 g/mol. The number of allylic oxidation sites excluding steroid dienone is 1. The summed E-state index contributed by atoms with van der Waals surface area (Å²) in [6, 6.07) is 32.8. The van der Waals surface area contributed by atoms with E-state index in [2.05, 4.69) is 130 Å². The number of benzene rings is 3. The van der Waals surface area contributed by atoms with Crippen molar-refractivity contribution in [1.29, 1.82) is 0 Å². The molecule has 0 amide bonds. The Morgan fingerprint density at radius 1 is 0.679 bits per heavy atom. The van der Waals surface area contributed by atoms with E-state index in [1.807, 2.05) is 0 Å². The summed E-state index contributed by atoms with van der Waals surface area (Å²) in [5.74, 6) is 2.48. The van der Waals surface area contributed by atoms with Gasteiger partial charge in [0.1, 0.15) is 23.2 Å². The lowest BCUT2D eigenvalue weighted by Crippen LogP contribution is -3.00. The van der Waals surface area contributed by atoms with Gasteiger partial charge in [-0.05, 0) is 64.1 Å².